The molecule has 1 aromatic rings. The first-order chi connectivity index (χ1) is 6.66. The molecule has 0 aliphatic heterocycles. The summed E-state index contributed by atoms with van der Waals surface area (Å²) in [7, 11) is 0. The Bertz CT molecular complexity index is 363. The smallest absolute Gasteiger partial charge is 0.212 e. The zero-order chi connectivity index (χ0) is 9.81. The molecular formula is C11H13FN2. The quantitative estimate of drug-likeness (QED) is 0.725. The largest absolute Gasteiger partial charge is 0.324 e. The van der Waals surface area contributed by atoms with Crippen molar-refractivity contribution in [1.82, 2.24) is 4.98 Å². The van der Waals surface area contributed by atoms with E-state index in [0.717, 1.165) is 31.2 Å². The van der Waals surface area contributed by atoms with Gasteiger partial charge in [0.25, 0.3) is 0 Å². The normalized spacial score (nSPS) is 25.9. The molecular weight excluding hydrogens is 179 g/mol. The average Bonchev–Trinajstić information content (AvgIpc) is 3.01. The molecule has 1 aromatic heterocycles. The summed E-state index contributed by atoms with van der Waals surface area (Å²) in [5.74, 6) is -0.411. The fourth-order valence-corrected chi connectivity index (χ4v) is 2.47. The van der Waals surface area contributed by atoms with Crippen LogP contribution >= 0.6 is 0 Å². The standard InChI is InChI=1S/C11H13FN2/c12-9-2-1-8(7-14-9)10(3-4-10)11(13)5-6-11/h1-2,7H,3-6,13H2. The number of nitrogens with two attached hydrogens (primary N) is 1. The van der Waals surface area contributed by atoms with Crippen LogP contribution in [0.1, 0.15) is 31.2 Å². The Kier molecular flexibility index (Phi) is 1.40. The minimum absolute atomic E-state index is 0.00743. The molecule has 2 saturated carbocycles. The zero-order valence-electron chi connectivity index (χ0n) is 7.96. The summed E-state index contributed by atoms with van der Waals surface area (Å²) in [5, 5.41) is 0. The number of halogens is 1. The van der Waals surface area contributed by atoms with Gasteiger partial charge in [0.05, 0.1) is 0 Å². The topological polar surface area (TPSA) is 38.9 Å². The highest BCUT2D eigenvalue weighted by Crippen LogP contribution is 2.63. The Morgan fingerprint density at radius 3 is 2.36 bits per heavy atom. The van der Waals surface area contributed by atoms with Crippen molar-refractivity contribution in [2.24, 2.45) is 5.73 Å². The van der Waals surface area contributed by atoms with Crippen LogP contribution in [0.4, 0.5) is 4.39 Å². The van der Waals surface area contributed by atoms with E-state index in [1.165, 1.54) is 6.07 Å². The van der Waals surface area contributed by atoms with Crippen LogP contribution in [0, 0.1) is 5.95 Å². The van der Waals surface area contributed by atoms with E-state index < -0.39 is 5.95 Å². The predicted molar refractivity (Wildman–Crippen MR) is 51.3 cm³/mol. The molecule has 74 valence electrons. The lowest BCUT2D eigenvalue weighted by atomic mass is 9.87. The van der Waals surface area contributed by atoms with E-state index >= 15 is 0 Å². The van der Waals surface area contributed by atoms with E-state index in [1.807, 2.05) is 6.07 Å². The number of aromatic nitrogens is 1. The van der Waals surface area contributed by atoms with Gasteiger partial charge in [0.1, 0.15) is 0 Å². The molecule has 0 saturated heterocycles. The average molecular weight is 192 g/mol. The molecule has 0 bridgehead atoms. The first-order valence-corrected chi connectivity index (χ1v) is 5.07. The molecule has 0 atom stereocenters. The van der Waals surface area contributed by atoms with Crippen molar-refractivity contribution >= 4 is 0 Å². The third-order valence-electron chi connectivity index (χ3n) is 3.77. The van der Waals surface area contributed by atoms with E-state index in [1.54, 1.807) is 6.20 Å². The lowest BCUT2D eigenvalue weighted by Gasteiger charge is -2.22. The number of nitrogens with zero attached hydrogens (tertiary/aromatic N) is 1. The van der Waals surface area contributed by atoms with Crippen LogP contribution in [-0.4, -0.2) is 10.5 Å². The molecule has 14 heavy (non-hydrogen) atoms. The maximum Gasteiger partial charge on any atom is 0.212 e. The van der Waals surface area contributed by atoms with Crippen molar-refractivity contribution in [3.8, 4) is 0 Å². The van der Waals surface area contributed by atoms with Crippen LogP contribution in [0.2, 0.25) is 0 Å². The van der Waals surface area contributed by atoms with Crippen molar-refractivity contribution in [1.29, 1.82) is 0 Å². The van der Waals surface area contributed by atoms with Crippen molar-refractivity contribution in [3.63, 3.8) is 0 Å². The fraction of sp³-hybridized carbons (Fsp3) is 0.545. The van der Waals surface area contributed by atoms with E-state index in [-0.39, 0.29) is 11.0 Å². The van der Waals surface area contributed by atoms with Crippen LogP contribution in [0.15, 0.2) is 18.3 Å². The highest BCUT2D eigenvalue weighted by atomic mass is 19.1. The molecule has 0 unspecified atom stereocenters. The molecule has 2 aliphatic rings. The molecule has 2 nitrogen and oxygen atoms in total. The summed E-state index contributed by atoms with van der Waals surface area (Å²) >= 11 is 0. The minimum atomic E-state index is -0.411. The van der Waals surface area contributed by atoms with Crippen molar-refractivity contribution < 1.29 is 4.39 Å². The van der Waals surface area contributed by atoms with Gasteiger partial charge in [0.2, 0.25) is 5.95 Å². The third-order valence-corrected chi connectivity index (χ3v) is 3.77. The lowest BCUT2D eigenvalue weighted by molar-refractivity contribution is 0.497. The number of rotatable bonds is 2. The van der Waals surface area contributed by atoms with Gasteiger partial charge in [-0.3, -0.25) is 0 Å². The van der Waals surface area contributed by atoms with Crippen LogP contribution in [0.25, 0.3) is 0 Å². The molecule has 2 fully saturated rings. The van der Waals surface area contributed by atoms with Crippen molar-refractivity contribution in [2.45, 2.75) is 36.6 Å². The molecule has 0 radical (unpaired) electrons. The molecule has 2 N–H and O–H groups in total. The van der Waals surface area contributed by atoms with Crippen LogP contribution in [-0.2, 0) is 5.41 Å². The molecule has 0 spiro atoms. The highest BCUT2D eigenvalue weighted by molar-refractivity contribution is 5.39. The Balaban J connectivity index is 1.99. The third kappa shape index (κ3) is 0.960. The Hall–Kier alpha value is -0.960. The molecule has 0 aromatic carbocycles. The minimum Gasteiger partial charge on any atom is -0.324 e. The van der Waals surface area contributed by atoms with Gasteiger partial charge in [-0.2, -0.15) is 4.39 Å². The highest BCUT2D eigenvalue weighted by Gasteiger charge is 2.64. The summed E-state index contributed by atoms with van der Waals surface area (Å²) in [6, 6.07) is 3.27. The fourth-order valence-electron chi connectivity index (χ4n) is 2.47. The van der Waals surface area contributed by atoms with Crippen molar-refractivity contribution in [3.05, 3.63) is 29.8 Å². The van der Waals surface area contributed by atoms with Gasteiger partial charge in [0.15, 0.2) is 0 Å². The van der Waals surface area contributed by atoms with Gasteiger partial charge in [-0.1, -0.05) is 6.07 Å². The Morgan fingerprint density at radius 2 is 1.93 bits per heavy atom. The second kappa shape index (κ2) is 2.34. The summed E-state index contributed by atoms with van der Waals surface area (Å²) in [6.07, 6.45) is 6.12. The second-order valence-electron chi connectivity index (χ2n) is 4.61. The molecule has 2 aliphatic carbocycles. The summed E-state index contributed by atoms with van der Waals surface area (Å²) in [5.41, 5.74) is 7.48. The van der Waals surface area contributed by atoms with E-state index in [9.17, 15) is 4.39 Å². The van der Waals surface area contributed by atoms with E-state index in [0.29, 0.717) is 0 Å². The van der Waals surface area contributed by atoms with Gasteiger partial charge < -0.3 is 5.73 Å². The van der Waals surface area contributed by atoms with Crippen LogP contribution < -0.4 is 5.73 Å². The summed E-state index contributed by atoms with van der Waals surface area (Å²) in [6.45, 7) is 0. The molecule has 0 amide bonds. The summed E-state index contributed by atoms with van der Waals surface area (Å²) < 4.78 is 12.7. The van der Waals surface area contributed by atoms with Gasteiger partial charge >= 0.3 is 0 Å². The number of pyridine rings is 1. The molecule has 3 rings (SSSR count). The monoisotopic (exact) mass is 192 g/mol. The molecule has 3 heteroatoms. The first kappa shape index (κ1) is 8.36. The summed E-state index contributed by atoms with van der Waals surface area (Å²) in [4.78, 5) is 3.70. The predicted octanol–water partition coefficient (Wildman–Crippen LogP) is 1.74. The Morgan fingerprint density at radius 1 is 1.21 bits per heavy atom. The number of hydrogen-bond donors (Lipinski definition) is 1. The number of hydrogen-bond acceptors (Lipinski definition) is 2. The zero-order valence-corrected chi connectivity index (χ0v) is 7.96. The van der Waals surface area contributed by atoms with E-state index in [4.69, 9.17) is 5.73 Å². The molecule has 1 heterocycles. The maximum atomic E-state index is 12.7. The lowest BCUT2D eigenvalue weighted by Crippen LogP contribution is -2.37. The first-order valence-electron chi connectivity index (χ1n) is 5.07. The van der Waals surface area contributed by atoms with Gasteiger partial charge in [-0.25, -0.2) is 4.98 Å². The van der Waals surface area contributed by atoms with Gasteiger partial charge in [0, 0.05) is 17.2 Å². The van der Waals surface area contributed by atoms with Crippen LogP contribution in [0.3, 0.4) is 0 Å². The Labute approximate surface area is 82.3 Å². The maximum absolute atomic E-state index is 12.7. The van der Waals surface area contributed by atoms with Gasteiger partial charge in [-0.05, 0) is 37.3 Å². The second-order valence-corrected chi connectivity index (χ2v) is 4.61. The van der Waals surface area contributed by atoms with E-state index in [2.05, 4.69) is 4.98 Å². The van der Waals surface area contributed by atoms with Gasteiger partial charge in [-0.15, -0.1) is 0 Å². The van der Waals surface area contributed by atoms with Crippen LogP contribution in [0.5, 0.6) is 0 Å². The SMILES string of the molecule is NC1(C2(c3ccc(F)nc3)CC2)CC1. The van der Waals surface area contributed by atoms with Crippen molar-refractivity contribution in [2.75, 3.05) is 0 Å².